The average Bonchev–Trinajstić information content (AvgIpc) is 2.87. The lowest BCUT2D eigenvalue weighted by molar-refractivity contribution is -0.120. The highest BCUT2D eigenvalue weighted by Gasteiger charge is 2.16. The van der Waals surface area contributed by atoms with Crippen LogP contribution in [-0.2, 0) is 16.0 Å². The van der Waals surface area contributed by atoms with Crippen LogP contribution in [0.5, 0.6) is 0 Å². The van der Waals surface area contributed by atoms with Crippen LogP contribution in [0.15, 0.2) is 6.07 Å². The van der Waals surface area contributed by atoms with Crippen molar-refractivity contribution in [2.45, 2.75) is 39.2 Å². The minimum Gasteiger partial charge on any atom is -0.376 e. The molecule has 1 amide bonds. The van der Waals surface area contributed by atoms with Gasteiger partial charge in [-0.05, 0) is 38.3 Å². The third-order valence-electron chi connectivity index (χ3n) is 3.16. The Balaban J connectivity index is 1.78. The maximum Gasteiger partial charge on any atom is 0.224 e. The maximum atomic E-state index is 11.8. The fraction of sp³-hybridized carbons (Fsp3) is 0.615. The van der Waals surface area contributed by atoms with Crippen molar-refractivity contribution in [2.24, 2.45) is 0 Å². The van der Waals surface area contributed by atoms with E-state index in [1.54, 1.807) is 0 Å². The summed E-state index contributed by atoms with van der Waals surface area (Å²) in [6.45, 7) is 5.47. The molecule has 0 spiro atoms. The smallest absolute Gasteiger partial charge is 0.224 e. The Labute approximate surface area is 102 Å². The Kier molecular flexibility index (Phi) is 3.84. The second-order valence-electron chi connectivity index (χ2n) is 4.72. The summed E-state index contributed by atoms with van der Waals surface area (Å²) in [6, 6.07) is 2.03. The lowest BCUT2D eigenvalue weighted by Crippen LogP contribution is -2.32. The summed E-state index contributed by atoms with van der Waals surface area (Å²) in [6.07, 6.45) is 2.83. The van der Waals surface area contributed by atoms with Gasteiger partial charge in [-0.15, -0.1) is 0 Å². The van der Waals surface area contributed by atoms with E-state index in [4.69, 9.17) is 4.74 Å². The van der Waals surface area contributed by atoms with Gasteiger partial charge in [-0.3, -0.25) is 4.79 Å². The quantitative estimate of drug-likeness (QED) is 0.831. The molecular weight excluding hydrogens is 216 g/mol. The van der Waals surface area contributed by atoms with E-state index in [9.17, 15) is 4.79 Å². The number of aromatic amines is 1. The van der Waals surface area contributed by atoms with Crippen molar-refractivity contribution in [3.8, 4) is 0 Å². The fourth-order valence-electron chi connectivity index (χ4n) is 2.23. The zero-order valence-corrected chi connectivity index (χ0v) is 10.5. The van der Waals surface area contributed by atoms with Crippen LogP contribution in [0.2, 0.25) is 0 Å². The zero-order chi connectivity index (χ0) is 12.3. The van der Waals surface area contributed by atoms with Crippen LogP contribution in [0.3, 0.4) is 0 Å². The minimum absolute atomic E-state index is 0.0719. The third kappa shape index (κ3) is 3.33. The lowest BCUT2D eigenvalue weighted by atomic mass is 10.1. The van der Waals surface area contributed by atoms with E-state index in [0.29, 0.717) is 13.0 Å². The standard InChI is InChI=1S/C13H20N2O2/c1-9-6-11(10(2)15-9)7-13(16)14-8-12-4-3-5-17-12/h6,12,15H,3-5,7-8H2,1-2H3,(H,14,16). The molecule has 4 heteroatoms. The van der Waals surface area contributed by atoms with Crippen LogP contribution in [0.25, 0.3) is 0 Å². The first kappa shape index (κ1) is 12.2. The number of aromatic nitrogens is 1. The van der Waals surface area contributed by atoms with Crippen molar-refractivity contribution in [1.82, 2.24) is 10.3 Å². The Morgan fingerprint density at radius 1 is 1.59 bits per heavy atom. The van der Waals surface area contributed by atoms with Crippen molar-refractivity contribution < 1.29 is 9.53 Å². The van der Waals surface area contributed by atoms with Crippen molar-refractivity contribution in [1.29, 1.82) is 0 Å². The molecule has 1 aromatic heterocycles. The second-order valence-corrected chi connectivity index (χ2v) is 4.72. The van der Waals surface area contributed by atoms with E-state index in [2.05, 4.69) is 10.3 Å². The Morgan fingerprint density at radius 3 is 3.00 bits per heavy atom. The molecular formula is C13H20N2O2. The van der Waals surface area contributed by atoms with Crippen LogP contribution in [0.4, 0.5) is 0 Å². The van der Waals surface area contributed by atoms with Crippen LogP contribution < -0.4 is 5.32 Å². The van der Waals surface area contributed by atoms with Crippen LogP contribution >= 0.6 is 0 Å². The van der Waals surface area contributed by atoms with Gasteiger partial charge in [0.1, 0.15) is 0 Å². The van der Waals surface area contributed by atoms with Crippen molar-refractivity contribution in [3.63, 3.8) is 0 Å². The van der Waals surface area contributed by atoms with Crippen LogP contribution in [0.1, 0.15) is 29.8 Å². The fourth-order valence-corrected chi connectivity index (χ4v) is 2.23. The summed E-state index contributed by atoms with van der Waals surface area (Å²) < 4.78 is 5.46. The summed E-state index contributed by atoms with van der Waals surface area (Å²) in [5.41, 5.74) is 3.26. The van der Waals surface area contributed by atoms with Gasteiger partial charge in [0.25, 0.3) is 0 Å². The number of rotatable bonds is 4. The largest absolute Gasteiger partial charge is 0.376 e. The van der Waals surface area contributed by atoms with Gasteiger partial charge in [0.2, 0.25) is 5.91 Å². The van der Waals surface area contributed by atoms with Crippen molar-refractivity contribution in [3.05, 3.63) is 23.0 Å². The molecule has 2 heterocycles. The molecule has 4 nitrogen and oxygen atoms in total. The minimum atomic E-state index is 0.0719. The average molecular weight is 236 g/mol. The molecule has 17 heavy (non-hydrogen) atoms. The monoisotopic (exact) mass is 236 g/mol. The van der Waals surface area contributed by atoms with Gasteiger partial charge in [0, 0.05) is 24.5 Å². The van der Waals surface area contributed by atoms with Gasteiger partial charge >= 0.3 is 0 Å². The molecule has 1 aliphatic rings. The first-order valence-electron chi connectivity index (χ1n) is 6.18. The summed E-state index contributed by atoms with van der Waals surface area (Å²) in [4.78, 5) is 15.0. The van der Waals surface area contributed by atoms with E-state index in [-0.39, 0.29) is 12.0 Å². The predicted molar refractivity (Wildman–Crippen MR) is 66.0 cm³/mol. The molecule has 0 aromatic carbocycles. The summed E-state index contributed by atoms with van der Waals surface area (Å²) in [5, 5.41) is 2.93. The molecule has 0 radical (unpaired) electrons. The number of amides is 1. The highest BCUT2D eigenvalue weighted by molar-refractivity contribution is 5.78. The summed E-state index contributed by atoms with van der Waals surface area (Å²) in [7, 11) is 0. The SMILES string of the molecule is Cc1cc(CC(=O)NCC2CCCO2)c(C)[nH]1. The van der Waals surface area contributed by atoms with Gasteiger partial charge in [-0.1, -0.05) is 0 Å². The first-order chi connectivity index (χ1) is 8.15. The number of hydrogen-bond acceptors (Lipinski definition) is 2. The van der Waals surface area contributed by atoms with Gasteiger partial charge < -0.3 is 15.0 Å². The number of aryl methyl sites for hydroxylation is 2. The molecule has 1 fully saturated rings. The molecule has 2 N–H and O–H groups in total. The lowest BCUT2D eigenvalue weighted by Gasteiger charge is -2.10. The molecule has 1 atom stereocenters. The third-order valence-corrected chi connectivity index (χ3v) is 3.16. The van der Waals surface area contributed by atoms with E-state index in [1.807, 2.05) is 19.9 Å². The Hall–Kier alpha value is -1.29. The summed E-state index contributed by atoms with van der Waals surface area (Å²) in [5.74, 6) is 0.0719. The number of hydrogen-bond donors (Lipinski definition) is 2. The molecule has 1 unspecified atom stereocenters. The highest BCUT2D eigenvalue weighted by Crippen LogP contribution is 2.12. The summed E-state index contributed by atoms with van der Waals surface area (Å²) >= 11 is 0. The van der Waals surface area contributed by atoms with Gasteiger partial charge in [0.15, 0.2) is 0 Å². The molecule has 2 rings (SSSR count). The first-order valence-corrected chi connectivity index (χ1v) is 6.18. The molecule has 0 bridgehead atoms. The van der Waals surface area contributed by atoms with Crippen LogP contribution in [-0.4, -0.2) is 30.1 Å². The number of ether oxygens (including phenoxy) is 1. The van der Waals surface area contributed by atoms with Crippen molar-refractivity contribution in [2.75, 3.05) is 13.2 Å². The maximum absolute atomic E-state index is 11.8. The number of carbonyl (C=O) groups excluding carboxylic acids is 1. The molecule has 1 aliphatic heterocycles. The van der Waals surface area contributed by atoms with E-state index in [0.717, 1.165) is 36.4 Å². The Bertz CT molecular complexity index is 392. The zero-order valence-electron chi connectivity index (χ0n) is 10.5. The molecule has 0 aliphatic carbocycles. The number of nitrogens with one attached hydrogen (secondary N) is 2. The molecule has 0 saturated carbocycles. The van der Waals surface area contributed by atoms with E-state index < -0.39 is 0 Å². The molecule has 94 valence electrons. The van der Waals surface area contributed by atoms with Gasteiger partial charge in [-0.25, -0.2) is 0 Å². The molecule has 1 saturated heterocycles. The topological polar surface area (TPSA) is 54.1 Å². The molecule has 1 aromatic rings. The second kappa shape index (κ2) is 5.36. The Morgan fingerprint density at radius 2 is 2.41 bits per heavy atom. The van der Waals surface area contributed by atoms with Gasteiger partial charge in [-0.2, -0.15) is 0 Å². The highest BCUT2D eigenvalue weighted by atomic mass is 16.5. The van der Waals surface area contributed by atoms with Crippen LogP contribution in [0, 0.1) is 13.8 Å². The number of carbonyl (C=O) groups is 1. The van der Waals surface area contributed by atoms with Gasteiger partial charge in [0.05, 0.1) is 12.5 Å². The predicted octanol–water partition coefficient (Wildman–Crippen LogP) is 1.47. The van der Waals surface area contributed by atoms with Crippen molar-refractivity contribution >= 4 is 5.91 Å². The van der Waals surface area contributed by atoms with E-state index >= 15 is 0 Å². The van der Waals surface area contributed by atoms with E-state index in [1.165, 1.54) is 0 Å². The normalized spacial score (nSPS) is 19.5. The number of H-pyrrole nitrogens is 1.